The van der Waals surface area contributed by atoms with E-state index < -0.39 is 0 Å². The van der Waals surface area contributed by atoms with Crippen molar-refractivity contribution in [3.63, 3.8) is 0 Å². The fourth-order valence-electron chi connectivity index (χ4n) is 4.12. The maximum Gasteiger partial charge on any atom is 0.257 e. The number of hydrogen-bond donors (Lipinski definition) is 2. The summed E-state index contributed by atoms with van der Waals surface area (Å²) in [4.78, 5) is 33.5. The van der Waals surface area contributed by atoms with Crippen LogP contribution in [0.1, 0.15) is 29.8 Å². The van der Waals surface area contributed by atoms with E-state index in [1.807, 2.05) is 55.6 Å². The highest BCUT2D eigenvalue weighted by molar-refractivity contribution is 6.04. The zero-order valence-corrected chi connectivity index (χ0v) is 18.1. The monoisotopic (exact) mass is 443 g/mol. The van der Waals surface area contributed by atoms with Crippen LogP contribution >= 0.6 is 0 Å². The van der Waals surface area contributed by atoms with Crippen molar-refractivity contribution in [3.8, 4) is 0 Å². The van der Waals surface area contributed by atoms with E-state index in [4.69, 9.17) is 0 Å². The third-order valence-corrected chi connectivity index (χ3v) is 6.02. The number of nitrogens with one attached hydrogen (secondary N) is 2. The van der Waals surface area contributed by atoms with Crippen LogP contribution in [-0.4, -0.2) is 52.0 Å². The number of aryl methyl sites for hydroxylation is 1. The first-order valence-electron chi connectivity index (χ1n) is 10.7. The minimum absolute atomic E-state index is 0. The second-order valence-electron chi connectivity index (χ2n) is 8.16. The second kappa shape index (κ2) is 9.28. The van der Waals surface area contributed by atoms with Crippen molar-refractivity contribution >= 4 is 34.3 Å². The Labute approximate surface area is 193 Å². The largest absolute Gasteiger partial charge is 0.355 e. The lowest BCUT2D eigenvalue weighted by atomic mass is 10.2. The van der Waals surface area contributed by atoms with Crippen LogP contribution in [0, 0.1) is 6.92 Å². The van der Waals surface area contributed by atoms with Crippen molar-refractivity contribution < 1.29 is 4.79 Å². The Balaban J connectivity index is 0.00000259. The van der Waals surface area contributed by atoms with E-state index in [0.29, 0.717) is 11.6 Å². The Morgan fingerprint density at radius 1 is 1.12 bits per heavy atom. The number of benzene rings is 1. The average molecular weight is 444 g/mol. The number of aromatic nitrogens is 4. The summed E-state index contributed by atoms with van der Waals surface area (Å²) >= 11 is 0. The van der Waals surface area contributed by atoms with E-state index in [2.05, 4.69) is 42.1 Å². The molecule has 0 aliphatic carbocycles. The molecule has 0 saturated carbocycles. The molecule has 3 aromatic heterocycles. The summed E-state index contributed by atoms with van der Waals surface area (Å²) in [5.41, 5.74) is 3.31. The number of rotatable bonds is 5. The Bertz CT molecular complexity index is 1230. The number of hydrogen-bond acceptors (Lipinski definition) is 6. The first kappa shape index (κ1) is 22.3. The van der Waals surface area contributed by atoms with Gasteiger partial charge in [0, 0.05) is 44.3 Å². The second-order valence-corrected chi connectivity index (χ2v) is 8.16. The van der Waals surface area contributed by atoms with Crippen molar-refractivity contribution in [1.29, 1.82) is 0 Å². The molecule has 0 unspecified atom stereocenters. The van der Waals surface area contributed by atoms with Gasteiger partial charge in [0.15, 0.2) is 0 Å². The number of pyridine rings is 1. The predicted molar refractivity (Wildman–Crippen MR) is 133 cm³/mol. The summed E-state index contributed by atoms with van der Waals surface area (Å²) in [6.45, 7) is 3.79. The third kappa shape index (κ3) is 4.50. The smallest absolute Gasteiger partial charge is 0.257 e. The van der Waals surface area contributed by atoms with Crippen LogP contribution in [-0.2, 0) is 0 Å². The number of fused-ring (bicyclic) bond motifs is 1. The van der Waals surface area contributed by atoms with Gasteiger partial charge in [0.05, 0.1) is 10.9 Å². The Hall–Kier alpha value is -3.94. The molecule has 1 saturated heterocycles. The highest BCUT2D eigenvalue weighted by atomic mass is 16.1. The topological polar surface area (TPSA) is 90.0 Å². The van der Waals surface area contributed by atoms with E-state index in [1.165, 1.54) is 0 Å². The zero-order chi connectivity index (χ0) is 22.1. The minimum Gasteiger partial charge on any atom is -0.355 e. The molecule has 0 bridgehead atoms. The van der Waals surface area contributed by atoms with Crippen molar-refractivity contribution in [1.82, 2.24) is 19.9 Å². The molecule has 8 nitrogen and oxygen atoms in total. The lowest BCUT2D eigenvalue weighted by molar-refractivity contribution is 0.102. The molecule has 1 amide bonds. The van der Waals surface area contributed by atoms with E-state index in [1.54, 1.807) is 12.5 Å². The molecule has 4 heterocycles. The summed E-state index contributed by atoms with van der Waals surface area (Å²) in [7, 11) is 2.05. The van der Waals surface area contributed by atoms with Gasteiger partial charge in [-0.3, -0.25) is 4.79 Å². The molecule has 1 aliphatic rings. The molecular weight excluding hydrogens is 414 g/mol. The van der Waals surface area contributed by atoms with Crippen LogP contribution in [0.3, 0.4) is 0 Å². The summed E-state index contributed by atoms with van der Waals surface area (Å²) < 4.78 is 0. The molecule has 1 atom stereocenters. The number of likely N-dealkylation sites (N-methyl/N-ethyl adjacent to an activating group) is 1. The standard InChI is InChI=1S/C24H25N7O.CH4/c1-16-3-6-18(7-4-16)29-24(32)17-5-8-21(26-13-17)30(2)19-10-12-31(14-19)23-20-9-11-25-22(20)27-15-28-23;/h3-9,11,13,15,19H,10,12,14H2,1-2H3,(H,29,32)(H,25,27,28);1H4/t19-;/m1./s1. The Morgan fingerprint density at radius 3 is 2.70 bits per heavy atom. The van der Waals surface area contributed by atoms with Gasteiger partial charge < -0.3 is 20.1 Å². The summed E-state index contributed by atoms with van der Waals surface area (Å²) in [6, 6.07) is 13.8. The molecule has 1 fully saturated rings. The number of nitrogens with zero attached hydrogens (tertiary/aromatic N) is 5. The molecule has 170 valence electrons. The number of anilines is 3. The first-order chi connectivity index (χ1) is 15.6. The maximum absolute atomic E-state index is 12.5. The molecule has 4 aromatic rings. The van der Waals surface area contributed by atoms with Crippen molar-refractivity contribution in [2.45, 2.75) is 26.8 Å². The van der Waals surface area contributed by atoms with E-state index in [-0.39, 0.29) is 13.3 Å². The van der Waals surface area contributed by atoms with Crippen LogP contribution in [0.5, 0.6) is 0 Å². The molecule has 0 radical (unpaired) electrons. The quantitative estimate of drug-likeness (QED) is 0.479. The predicted octanol–water partition coefficient (Wildman–Crippen LogP) is 4.26. The van der Waals surface area contributed by atoms with Gasteiger partial charge in [-0.05, 0) is 43.7 Å². The Kier molecular flexibility index (Phi) is 6.26. The lowest BCUT2D eigenvalue weighted by Crippen LogP contribution is -2.35. The molecule has 8 heteroatoms. The minimum atomic E-state index is -0.165. The van der Waals surface area contributed by atoms with E-state index in [9.17, 15) is 4.79 Å². The number of H-pyrrole nitrogens is 1. The third-order valence-electron chi connectivity index (χ3n) is 6.02. The van der Waals surface area contributed by atoms with Gasteiger partial charge in [0.25, 0.3) is 5.91 Å². The van der Waals surface area contributed by atoms with Gasteiger partial charge in [0.2, 0.25) is 0 Å². The normalized spacial score (nSPS) is 15.3. The van der Waals surface area contributed by atoms with Crippen molar-refractivity contribution in [2.75, 3.05) is 35.3 Å². The fourth-order valence-corrected chi connectivity index (χ4v) is 4.12. The maximum atomic E-state index is 12.5. The molecule has 0 spiro atoms. The Morgan fingerprint density at radius 2 is 1.94 bits per heavy atom. The van der Waals surface area contributed by atoms with Gasteiger partial charge in [-0.2, -0.15) is 0 Å². The van der Waals surface area contributed by atoms with E-state index >= 15 is 0 Å². The van der Waals surface area contributed by atoms with Crippen LogP contribution in [0.2, 0.25) is 0 Å². The fraction of sp³-hybridized carbons (Fsp3) is 0.280. The highest BCUT2D eigenvalue weighted by Crippen LogP contribution is 2.28. The van der Waals surface area contributed by atoms with Gasteiger partial charge >= 0.3 is 0 Å². The summed E-state index contributed by atoms with van der Waals surface area (Å²) in [5, 5.41) is 3.95. The molecule has 33 heavy (non-hydrogen) atoms. The van der Waals surface area contributed by atoms with Gasteiger partial charge in [-0.15, -0.1) is 0 Å². The number of amides is 1. The molecule has 1 aliphatic heterocycles. The van der Waals surface area contributed by atoms with Crippen LogP contribution in [0.15, 0.2) is 61.2 Å². The SMILES string of the molecule is C.Cc1ccc(NC(=O)c2ccc(N(C)[C@@H]3CCN(c4ncnc5[nH]ccc45)C3)nc2)cc1. The van der Waals surface area contributed by atoms with Crippen LogP contribution < -0.4 is 15.1 Å². The van der Waals surface area contributed by atoms with Gasteiger partial charge in [-0.25, -0.2) is 15.0 Å². The molecular formula is C25H29N7O. The number of carbonyl (C=O) groups is 1. The molecule has 5 rings (SSSR count). The number of carbonyl (C=O) groups excluding carboxylic acids is 1. The van der Waals surface area contributed by atoms with Gasteiger partial charge in [0.1, 0.15) is 23.6 Å². The van der Waals surface area contributed by atoms with Crippen LogP contribution in [0.25, 0.3) is 11.0 Å². The van der Waals surface area contributed by atoms with Crippen LogP contribution in [0.4, 0.5) is 17.3 Å². The molecule has 1 aromatic carbocycles. The highest BCUT2D eigenvalue weighted by Gasteiger charge is 2.28. The lowest BCUT2D eigenvalue weighted by Gasteiger charge is -2.26. The van der Waals surface area contributed by atoms with E-state index in [0.717, 1.165) is 53.4 Å². The summed E-state index contributed by atoms with van der Waals surface area (Å²) in [5.74, 6) is 1.64. The zero-order valence-electron chi connectivity index (χ0n) is 18.1. The first-order valence-corrected chi connectivity index (χ1v) is 10.7. The summed E-state index contributed by atoms with van der Waals surface area (Å²) in [6.07, 6.45) is 6.13. The van der Waals surface area contributed by atoms with Crippen molar-refractivity contribution in [2.24, 2.45) is 0 Å². The molecule has 2 N–H and O–H groups in total. The average Bonchev–Trinajstić information content (AvgIpc) is 3.50. The van der Waals surface area contributed by atoms with Crippen molar-refractivity contribution in [3.05, 3.63) is 72.3 Å². The number of aromatic amines is 1. The van der Waals surface area contributed by atoms with Gasteiger partial charge in [-0.1, -0.05) is 25.1 Å².